The fourth-order valence-corrected chi connectivity index (χ4v) is 1.01. The standard InChI is InChI=1S/C12H14O3/c1-4-12(2,3)15-10-7-5-9(6-8-10)11(13)14/h4-8H,1H2,2-3H3,(H,13,14). The van der Waals surface area contributed by atoms with Crippen molar-refractivity contribution in [2.45, 2.75) is 19.4 Å². The molecule has 0 saturated heterocycles. The number of benzene rings is 1. The van der Waals surface area contributed by atoms with Crippen molar-refractivity contribution in [1.29, 1.82) is 0 Å². The third kappa shape index (κ3) is 3.13. The highest BCUT2D eigenvalue weighted by Crippen LogP contribution is 2.19. The Morgan fingerprint density at radius 2 is 1.93 bits per heavy atom. The first kappa shape index (κ1) is 11.3. The highest BCUT2D eigenvalue weighted by Gasteiger charge is 2.14. The molecule has 0 radical (unpaired) electrons. The van der Waals surface area contributed by atoms with Crippen molar-refractivity contribution in [3.63, 3.8) is 0 Å². The molecular formula is C12H14O3. The van der Waals surface area contributed by atoms with Crippen LogP contribution in [0.5, 0.6) is 5.75 Å². The molecule has 80 valence electrons. The average molecular weight is 206 g/mol. The van der Waals surface area contributed by atoms with Gasteiger partial charge in [-0.3, -0.25) is 0 Å². The van der Waals surface area contributed by atoms with Gasteiger partial charge in [-0.15, -0.1) is 0 Å². The van der Waals surface area contributed by atoms with Gasteiger partial charge in [0.05, 0.1) is 5.56 Å². The molecule has 1 N–H and O–H groups in total. The van der Waals surface area contributed by atoms with Gasteiger partial charge < -0.3 is 9.84 Å². The van der Waals surface area contributed by atoms with E-state index in [2.05, 4.69) is 6.58 Å². The minimum Gasteiger partial charge on any atom is -0.484 e. The number of rotatable bonds is 4. The fourth-order valence-electron chi connectivity index (χ4n) is 1.01. The summed E-state index contributed by atoms with van der Waals surface area (Å²) in [5.41, 5.74) is -0.205. The quantitative estimate of drug-likeness (QED) is 0.770. The lowest BCUT2D eigenvalue weighted by atomic mass is 10.1. The fraction of sp³-hybridized carbons (Fsp3) is 0.250. The van der Waals surface area contributed by atoms with Gasteiger partial charge in [0.15, 0.2) is 0 Å². The highest BCUT2D eigenvalue weighted by atomic mass is 16.5. The average Bonchev–Trinajstić information content (AvgIpc) is 2.18. The van der Waals surface area contributed by atoms with Gasteiger partial charge >= 0.3 is 5.97 Å². The normalized spacial score (nSPS) is 10.8. The zero-order valence-corrected chi connectivity index (χ0v) is 8.86. The SMILES string of the molecule is C=CC(C)(C)Oc1ccc(C(=O)O)cc1. The van der Waals surface area contributed by atoms with E-state index < -0.39 is 11.6 Å². The molecule has 1 aromatic rings. The zero-order valence-electron chi connectivity index (χ0n) is 8.86. The molecule has 0 aliphatic heterocycles. The maximum absolute atomic E-state index is 10.6. The van der Waals surface area contributed by atoms with E-state index in [1.807, 2.05) is 13.8 Å². The highest BCUT2D eigenvalue weighted by molar-refractivity contribution is 5.87. The van der Waals surface area contributed by atoms with Crippen LogP contribution in [0, 0.1) is 0 Å². The number of carboxylic acid groups (broad SMARTS) is 1. The van der Waals surface area contributed by atoms with Crippen molar-refractivity contribution in [3.8, 4) is 5.75 Å². The lowest BCUT2D eigenvalue weighted by molar-refractivity contribution is 0.0697. The molecule has 3 heteroatoms. The van der Waals surface area contributed by atoms with Gasteiger partial charge in [-0.1, -0.05) is 6.58 Å². The molecule has 0 amide bonds. The zero-order chi connectivity index (χ0) is 11.5. The van der Waals surface area contributed by atoms with Crippen LogP contribution in [0.1, 0.15) is 24.2 Å². The molecule has 0 heterocycles. The Kier molecular flexibility index (Phi) is 3.14. The Bertz CT molecular complexity index is 363. The third-order valence-corrected chi connectivity index (χ3v) is 1.97. The van der Waals surface area contributed by atoms with Crippen molar-refractivity contribution >= 4 is 5.97 Å². The van der Waals surface area contributed by atoms with E-state index >= 15 is 0 Å². The molecule has 3 nitrogen and oxygen atoms in total. The molecule has 1 aromatic carbocycles. The van der Waals surface area contributed by atoms with Crippen LogP contribution in [0.2, 0.25) is 0 Å². The molecule has 0 aromatic heterocycles. The van der Waals surface area contributed by atoms with Crippen LogP contribution < -0.4 is 4.74 Å². The molecule has 15 heavy (non-hydrogen) atoms. The molecule has 0 unspecified atom stereocenters. The Labute approximate surface area is 89.0 Å². The molecule has 0 spiro atoms. The molecule has 0 saturated carbocycles. The summed E-state index contributed by atoms with van der Waals surface area (Å²) in [4.78, 5) is 10.6. The van der Waals surface area contributed by atoms with E-state index in [1.54, 1.807) is 18.2 Å². The molecular weight excluding hydrogens is 192 g/mol. The Morgan fingerprint density at radius 3 is 2.33 bits per heavy atom. The summed E-state index contributed by atoms with van der Waals surface area (Å²) in [6.07, 6.45) is 1.69. The lowest BCUT2D eigenvalue weighted by Gasteiger charge is -2.22. The first-order chi connectivity index (χ1) is 6.94. The number of hydrogen-bond acceptors (Lipinski definition) is 2. The van der Waals surface area contributed by atoms with Crippen LogP contribution in [-0.2, 0) is 0 Å². The second kappa shape index (κ2) is 4.17. The third-order valence-electron chi connectivity index (χ3n) is 1.97. The van der Waals surface area contributed by atoms with Crippen molar-refractivity contribution in [2.24, 2.45) is 0 Å². The summed E-state index contributed by atoms with van der Waals surface area (Å²) < 4.78 is 5.57. The van der Waals surface area contributed by atoms with Crippen molar-refractivity contribution in [2.75, 3.05) is 0 Å². The van der Waals surface area contributed by atoms with Crippen LogP contribution >= 0.6 is 0 Å². The summed E-state index contributed by atoms with van der Waals surface area (Å²) >= 11 is 0. The van der Waals surface area contributed by atoms with E-state index in [-0.39, 0.29) is 5.56 Å². The van der Waals surface area contributed by atoms with Gasteiger partial charge in [0.2, 0.25) is 0 Å². The van der Waals surface area contributed by atoms with Gasteiger partial charge in [-0.25, -0.2) is 4.79 Å². The topological polar surface area (TPSA) is 46.5 Å². The molecule has 0 bridgehead atoms. The Hall–Kier alpha value is -1.77. The molecule has 1 rings (SSSR count). The number of ether oxygens (including phenoxy) is 1. The van der Waals surface area contributed by atoms with Gasteiger partial charge in [0, 0.05) is 0 Å². The molecule has 0 aliphatic rings. The summed E-state index contributed by atoms with van der Waals surface area (Å²) in [5.74, 6) is -0.311. The van der Waals surface area contributed by atoms with E-state index in [9.17, 15) is 4.79 Å². The van der Waals surface area contributed by atoms with Crippen molar-refractivity contribution < 1.29 is 14.6 Å². The maximum atomic E-state index is 10.6. The van der Waals surface area contributed by atoms with Crippen LogP contribution in [0.3, 0.4) is 0 Å². The van der Waals surface area contributed by atoms with Gasteiger partial charge in [-0.05, 0) is 44.2 Å². The summed E-state index contributed by atoms with van der Waals surface area (Å²) in [6, 6.07) is 6.29. The van der Waals surface area contributed by atoms with Crippen LogP contribution in [-0.4, -0.2) is 16.7 Å². The smallest absolute Gasteiger partial charge is 0.335 e. The predicted molar refractivity (Wildman–Crippen MR) is 58.3 cm³/mol. The predicted octanol–water partition coefficient (Wildman–Crippen LogP) is 2.73. The van der Waals surface area contributed by atoms with E-state index in [0.29, 0.717) is 5.75 Å². The van der Waals surface area contributed by atoms with Crippen LogP contribution in [0.4, 0.5) is 0 Å². The van der Waals surface area contributed by atoms with Crippen molar-refractivity contribution in [3.05, 3.63) is 42.5 Å². The minimum atomic E-state index is -0.940. The number of aromatic carboxylic acids is 1. The summed E-state index contributed by atoms with van der Waals surface area (Å²) in [7, 11) is 0. The molecule has 0 aliphatic carbocycles. The number of hydrogen-bond donors (Lipinski definition) is 1. The van der Waals surface area contributed by atoms with E-state index in [4.69, 9.17) is 9.84 Å². The van der Waals surface area contributed by atoms with Gasteiger partial charge in [-0.2, -0.15) is 0 Å². The van der Waals surface area contributed by atoms with E-state index in [0.717, 1.165) is 0 Å². The Balaban J connectivity index is 2.81. The van der Waals surface area contributed by atoms with Crippen LogP contribution in [0.25, 0.3) is 0 Å². The monoisotopic (exact) mass is 206 g/mol. The minimum absolute atomic E-state index is 0.249. The second-order valence-electron chi connectivity index (χ2n) is 3.74. The van der Waals surface area contributed by atoms with E-state index in [1.165, 1.54) is 12.1 Å². The van der Waals surface area contributed by atoms with Crippen molar-refractivity contribution in [1.82, 2.24) is 0 Å². The first-order valence-electron chi connectivity index (χ1n) is 4.60. The molecule has 0 fully saturated rings. The molecule has 0 atom stereocenters. The number of carbonyl (C=O) groups is 1. The largest absolute Gasteiger partial charge is 0.484 e. The summed E-state index contributed by atoms with van der Waals surface area (Å²) in [5, 5.41) is 8.70. The number of carboxylic acids is 1. The lowest BCUT2D eigenvalue weighted by Crippen LogP contribution is -2.24. The van der Waals surface area contributed by atoms with Gasteiger partial charge in [0.25, 0.3) is 0 Å². The van der Waals surface area contributed by atoms with Gasteiger partial charge in [0.1, 0.15) is 11.4 Å². The summed E-state index contributed by atoms with van der Waals surface area (Å²) in [6.45, 7) is 7.42. The first-order valence-corrected chi connectivity index (χ1v) is 4.60. The maximum Gasteiger partial charge on any atom is 0.335 e. The van der Waals surface area contributed by atoms with Crippen LogP contribution in [0.15, 0.2) is 36.9 Å². The Morgan fingerprint density at radius 1 is 1.40 bits per heavy atom. The second-order valence-corrected chi connectivity index (χ2v) is 3.74.